The Labute approximate surface area is 161 Å². The fourth-order valence-corrected chi connectivity index (χ4v) is 3.73. The van der Waals surface area contributed by atoms with Gasteiger partial charge < -0.3 is 9.26 Å². The first-order valence-corrected chi connectivity index (χ1v) is 9.07. The number of esters is 1. The van der Waals surface area contributed by atoms with E-state index in [1.54, 1.807) is 0 Å². The molecule has 0 spiro atoms. The smallest absolute Gasteiger partial charge is 0.348 e. The minimum Gasteiger partial charge on any atom is -0.457 e. The van der Waals surface area contributed by atoms with Crippen LogP contribution in [0.15, 0.2) is 56.7 Å². The molecular formula is C18H14N4O5S. The summed E-state index contributed by atoms with van der Waals surface area (Å²) in [5.74, 6) is -0.279. The van der Waals surface area contributed by atoms with Gasteiger partial charge in [-0.3, -0.25) is 13.9 Å². The third-order valence-corrected chi connectivity index (χ3v) is 5.34. The van der Waals surface area contributed by atoms with E-state index in [0.29, 0.717) is 4.83 Å². The highest BCUT2D eigenvalue weighted by Gasteiger charge is 2.19. The van der Waals surface area contributed by atoms with Gasteiger partial charge in [-0.15, -0.1) is 16.4 Å². The molecule has 3 aromatic heterocycles. The number of thiophene rings is 1. The summed E-state index contributed by atoms with van der Waals surface area (Å²) in [4.78, 5) is 38.4. The van der Waals surface area contributed by atoms with E-state index in [-0.39, 0.29) is 29.2 Å². The first-order chi connectivity index (χ1) is 13.5. The quantitative estimate of drug-likeness (QED) is 0.469. The second-order valence-electron chi connectivity index (χ2n) is 6.01. The maximum absolute atomic E-state index is 12.8. The van der Waals surface area contributed by atoms with Crippen molar-refractivity contribution >= 4 is 27.5 Å². The maximum atomic E-state index is 12.8. The molecule has 0 saturated carbocycles. The van der Waals surface area contributed by atoms with Crippen molar-refractivity contribution in [1.82, 2.24) is 19.5 Å². The molecule has 3 heterocycles. The summed E-state index contributed by atoms with van der Waals surface area (Å²) in [7, 11) is 1.54. The van der Waals surface area contributed by atoms with Gasteiger partial charge in [0.2, 0.25) is 0 Å². The molecule has 0 unspecified atom stereocenters. The molecule has 4 rings (SSSR count). The van der Waals surface area contributed by atoms with Crippen molar-refractivity contribution in [2.45, 2.75) is 13.2 Å². The number of carbonyl (C=O) groups is 1. The van der Waals surface area contributed by atoms with Crippen LogP contribution in [0.25, 0.3) is 10.2 Å². The predicted octanol–water partition coefficient (Wildman–Crippen LogP) is 1.55. The van der Waals surface area contributed by atoms with E-state index in [4.69, 9.17) is 9.26 Å². The first kappa shape index (κ1) is 17.9. The number of aryl methyl sites for hydroxylation is 1. The van der Waals surface area contributed by atoms with Gasteiger partial charge in [0.05, 0.1) is 18.1 Å². The largest absolute Gasteiger partial charge is 0.457 e. The summed E-state index contributed by atoms with van der Waals surface area (Å²) in [6.45, 7) is 0.0215. The van der Waals surface area contributed by atoms with Crippen LogP contribution in [0.4, 0.5) is 0 Å². The molecule has 4 aromatic rings. The molecule has 0 fully saturated rings. The monoisotopic (exact) mass is 398 g/mol. The Hall–Kier alpha value is -3.53. The van der Waals surface area contributed by atoms with Crippen LogP contribution >= 0.6 is 11.3 Å². The molecule has 10 heteroatoms. The van der Waals surface area contributed by atoms with Crippen molar-refractivity contribution in [3.8, 4) is 0 Å². The van der Waals surface area contributed by atoms with Gasteiger partial charge in [-0.25, -0.2) is 9.59 Å². The number of hydrogen-bond acceptors (Lipinski definition) is 8. The molecule has 28 heavy (non-hydrogen) atoms. The Morgan fingerprint density at radius 3 is 2.75 bits per heavy atom. The fraction of sp³-hybridized carbons (Fsp3) is 0.167. The summed E-state index contributed by atoms with van der Waals surface area (Å²) in [6, 6.07) is 10.7. The summed E-state index contributed by atoms with van der Waals surface area (Å²) < 4.78 is 12.5. The molecule has 0 aliphatic heterocycles. The zero-order valence-electron chi connectivity index (χ0n) is 14.7. The van der Waals surface area contributed by atoms with Crippen LogP contribution in [0.1, 0.15) is 21.0 Å². The van der Waals surface area contributed by atoms with Gasteiger partial charge in [0.25, 0.3) is 5.56 Å². The molecule has 0 radical (unpaired) electrons. The van der Waals surface area contributed by atoms with E-state index in [2.05, 4.69) is 10.4 Å². The van der Waals surface area contributed by atoms with E-state index in [1.807, 2.05) is 30.3 Å². The molecule has 0 N–H and O–H groups in total. The van der Waals surface area contributed by atoms with E-state index >= 15 is 0 Å². The number of aromatic nitrogens is 4. The SMILES string of the molecule is Cn1c(=O)n(Cc2cnno2)c(=O)c2cc(C(=O)OCc3ccccc3)sc21. The van der Waals surface area contributed by atoms with E-state index < -0.39 is 17.2 Å². The average molecular weight is 398 g/mol. The zero-order chi connectivity index (χ0) is 19.7. The molecule has 142 valence electrons. The van der Waals surface area contributed by atoms with Crippen LogP contribution in [0.2, 0.25) is 0 Å². The summed E-state index contributed by atoms with van der Waals surface area (Å²) in [5.41, 5.74) is -0.194. The third kappa shape index (κ3) is 3.25. The molecular weight excluding hydrogens is 384 g/mol. The number of nitrogens with zero attached hydrogens (tertiary/aromatic N) is 4. The van der Waals surface area contributed by atoms with Crippen molar-refractivity contribution < 1.29 is 14.1 Å². The molecule has 1 aromatic carbocycles. The van der Waals surface area contributed by atoms with Gasteiger partial charge in [0.1, 0.15) is 16.3 Å². The van der Waals surface area contributed by atoms with Gasteiger partial charge in [0.15, 0.2) is 5.76 Å². The number of rotatable bonds is 5. The summed E-state index contributed by atoms with van der Waals surface area (Å²) >= 11 is 1.04. The number of fused-ring (bicyclic) bond motifs is 1. The minimum absolute atomic E-state index is 0.0991. The van der Waals surface area contributed by atoms with Crippen molar-refractivity contribution in [1.29, 1.82) is 0 Å². The highest BCUT2D eigenvalue weighted by Crippen LogP contribution is 2.23. The molecule has 0 amide bonds. The van der Waals surface area contributed by atoms with Gasteiger partial charge in [-0.2, -0.15) is 0 Å². The van der Waals surface area contributed by atoms with Crippen molar-refractivity contribution in [2.24, 2.45) is 7.05 Å². The minimum atomic E-state index is -0.553. The molecule has 0 bridgehead atoms. The zero-order valence-corrected chi connectivity index (χ0v) is 15.5. The maximum Gasteiger partial charge on any atom is 0.348 e. The number of carbonyl (C=O) groups excluding carboxylic acids is 1. The molecule has 0 aliphatic carbocycles. The Morgan fingerprint density at radius 1 is 1.25 bits per heavy atom. The standard InChI is InChI=1S/C18H14N4O5S/c1-21-16-13(15(23)22(18(21)25)9-12-8-19-20-27-12)7-14(28-16)17(24)26-10-11-5-3-2-4-6-11/h2-8H,9-10H2,1H3. The summed E-state index contributed by atoms with van der Waals surface area (Å²) in [6.07, 6.45) is 1.33. The van der Waals surface area contributed by atoms with Gasteiger partial charge in [-0.05, 0) is 11.6 Å². The third-order valence-electron chi connectivity index (χ3n) is 4.15. The highest BCUT2D eigenvalue weighted by atomic mass is 32.1. The normalized spacial score (nSPS) is 11.0. The van der Waals surface area contributed by atoms with Crippen LogP contribution in [-0.2, 0) is 24.9 Å². The lowest BCUT2D eigenvalue weighted by Crippen LogP contribution is -2.38. The van der Waals surface area contributed by atoms with E-state index in [9.17, 15) is 14.4 Å². The van der Waals surface area contributed by atoms with Crippen LogP contribution in [0.3, 0.4) is 0 Å². The molecule has 0 aliphatic rings. The van der Waals surface area contributed by atoms with Gasteiger partial charge in [-0.1, -0.05) is 30.3 Å². The lowest BCUT2D eigenvalue weighted by molar-refractivity contribution is 0.0478. The topological polar surface area (TPSA) is 109 Å². The van der Waals surface area contributed by atoms with Crippen molar-refractivity contribution in [3.63, 3.8) is 0 Å². The lowest BCUT2D eigenvalue weighted by Gasteiger charge is -2.05. The van der Waals surface area contributed by atoms with Crippen LogP contribution in [0.5, 0.6) is 0 Å². The number of benzene rings is 1. The highest BCUT2D eigenvalue weighted by molar-refractivity contribution is 7.20. The van der Waals surface area contributed by atoms with Crippen LogP contribution in [-0.4, -0.2) is 25.5 Å². The average Bonchev–Trinajstić information content (AvgIpc) is 3.38. The Kier molecular flexibility index (Phi) is 4.62. The Morgan fingerprint density at radius 2 is 2.04 bits per heavy atom. The van der Waals surface area contributed by atoms with Crippen molar-refractivity contribution in [2.75, 3.05) is 0 Å². The van der Waals surface area contributed by atoms with Crippen LogP contribution in [0, 0.1) is 0 Å². The van der Waals surface area contributed by atoms with Gasteiger partial charge >= 0.3 is 11.7 Å². The Bertz CT molecular complexity index is 1260. The Balaban J connectivity index is 1.67. The second kappa shape index (κ2) is 7.24. The molecule has 0 saturated heterocycles. The summed E-state index contributed by atoms with van der Waals surface area (Å²) in [5, 5.41) is 7.12. The van der Waals surface area contributed by atoms with Crippen LogP contribution < -0.4 is 11.2 Å². The van der Waals surface area contributed by atoms with E-state index in [1.165, 1.54) is 23.9 Å². The fourth-order valence-electron chi connectivity index (χ4n) is 2.73. The first-order valence-electron chi connectivity index (χ1n) is 8.25. The molecule has 9 nitrogen and oxygen atoms in total. The lowest BCUT2D eigenvalue weighted by atomic mass is 10.2. The molecule has 0 atom stereocenters. The number of hydrogen-bond donors (Lipinski definition) is 0. The van der Waals surface area contributed by atoms with E-state index in [0.717, 1.165) is 21.5 Å². The van der Waals surface area contributed by atoms with Gasteiger partial charge in [0, 0.05) is 12.3 Å². The second-order valence-corrected chi connectivity index (χ2v) is 7.04. The van der Waals surface area contributed by atoms with Crippen molar-refractivity contribution in [3.05, 3.63) is 79.6 Å². The number of ether oxygens (including phenoxy) is 1. The predicted molar refractivity (Wildman–Crippen MR) is 100 cm³/mol.